The van der Waals surface area contributed by atoms with E-state index in [0.29, 0.717) is 0 Å². The lowest BCUT2D eigenvalue weighted by atomic mass is 10.2. The number of hydrogen-bond donors (Lipinski definition) is 0. The highest BCUT2D eigenvalue weighted by atomic mass is 19.3. The normalized spacial score (nSPS) is 8.11. The molecule has 0 rings (SSSR count). The lowest BCUT2D eigenvalue weighted by Gasteiger charge is -1.91. The van der Waals surface area contributed by atoms with E-state index in [-0.39, 0.29) is 12.0 Å². The average molecular weight is 130 g/mol. The van der Waals surface area contributed by atoms with Crippen molar-refractivity contribution in [1.29, 1.82) is 0 Å². The van der Waals surface area contributed by atoms with E-state index >= 15 is 0 Å². The Morgan fingerprint density at radius 1 is 1.78 bits per heavy atom. The summed E-state index contributed by atoms with van der Waals surface area (Å²) in [5.41, 5.74) is 0.0625. The molecule has 0 aliphatic rings. The molecule has 0 aromatic heterocycles. The molecule has 9 heavy (non-hydrogen) atoms. The molecule has 0 radical (unpaired) electrons. The van der Waals surface area contributed by atoms with Crippen molar-refractivity contribution in [2.24, 2.45) is 0 Å². The molecule has 0 aliphatic heterocycles. The van der Waals surface area contributed by atoms with Gasteiger partial charge in [-0.3, -0.25) is 0 Å². The van der Waals surface area contributed by atoms with E-state index in [4.69, 9.17) is 0 Å². The summed E-state index contributed by atoms with van der Waals surface area (Å²) >= 11 is 0. The summed E-state index contributed by atoms with van der Waals surface area (Å²) in [6, 6.07) is 0. The summed E-state index contributed by atoms with van der Waals surface area (Å²) in [6.07, 6.45) is 1.70. The Bertz CT molecular complexity index is 140. The van der Waals surface area contributed by atoms with Crippen LogP contribution in [0.4, 0.5) is 4.53 Å². The largest absolute Gasteiger partial charge is 0.375 e. The number of hydrogen-bond acceptors (Lipinski definition) is 2. The van der Waals surface area contributed by atoms with E-state index in [1.165, 1.54) is 6.08 Å². The highest BCUT2D eigenvalue weighted by Gasteiger charge is 2.05. The molecule has 0 bridgehead atoms. The molecule has 0 N–H and O–H groups in total. The minimum atomic E-state index is -1.03. The molecule has 0 aromatic rings. The third kappa shape index (κ3) is 2.64. The van der Waals surface area contributed by atoms with Crippen LogP contribution >= 0.6 is 0 Å². The van der Waals surface area contributed by atoms with Gasteiger partial charge in [0.15, 0.2) is 0 Å². The van der Waals surface area contributed by atoms with Crippen molar-refractivity contribution in [2.75, 3.05) is 0 Å². The Morgan fingerprint density at radius 2 is 2.33 bits per heavy atom. The SMILES string of the molecule is C=CCC(=C)C(=O)OF. The molecule has 2 nitrogen and oxygen atoms in total. The summed E-state index contributed by atoms with van der Waals surface area (Å²) in [7, 11) is 0. The van der Waals surface area contributed by atoms with E-state index < -0.39 is 5.97 Å². The smallest absolute Gasteiger partial charge is 0.250 e. The lowest BCUT2D eigenvalue weighted by molar-refractivity contribution is -0.178. The molecule has 0 spiro atoms. The topological polar surface area (TPSA) is 26.3 Å². The Balaban J connectivity index is 3.73. The van der Waals surface area contributed by atoms with Gasteiger partial charge in [0, 0.05) is 10.1 Å². The number of rotatable bonds is 3. The molecule has 0 amide bonds. The van der Waals surface area contributed by atoms with Crippen molar-refractivity contribution >= 4 is 5.97 Å². The first-order valence-electron chi connectivity index (χ1n) is 2.34. The minimum Gasteiger partial charge on any atom is -0.250 e. The van der Waals surface area contributed by atoms with Gasteiger partial charge in [-0.15, -0.1) is 6.58 Å². The van der Waals surface area contributed by atoms with E-state index in [1.54, 1.807) is 0 Å². The van der Waals surface area contributed by atoms with E-state index in [1.807, 2.05) is 0 Å². The second-order valence-electron chi connectivity index (χ2n) is 1.46. The molecule has 3 heteroatoms. The molecular formula is C6H7FO2. The van der Waals surface area contributed by atoms with Gasteiger partial charge in [0.2, 0.25) is 0 Å². The predicted molar refractivity (Wildman–Crippen MR) is 31.2 cm³/mol. The van der Waals surface area contributed by atoms with Crippen LogP contribution < -0.4 is 0 Å². The van der Waals surface area contributed by atoms with Gasteiger partial charge in [0.05, 0.1) is 0 Å². The Hall–Kier alpha value is -1.12. The van der Waals surface area contributed by atoms with E-state index in [9.17, 15) is 9.32 Å². The average Bonchev–Trinajstić information content (AvgIpc) is 1.87. The standard InChI is InChI=1S/C6H7FO2/c1-3-4-5(2)6(8)9-7/h3H,1-2,4H2. The first kappa shape index (κ1) is 7.88. The van der Waals surface area contributed by atoms with Crippen LogP contribution in [0, 0.1) is 0 Å². The zero-order valence-electron chi connectivity index (χ0n) is 4.89. The van der Waals surface area contributed by atoms with Crippen molar-refractivity contribution in [2.45, 2.75) is 6.42 Å². The summed E-state index contributed by atoms with van der Waals surface area (Å²) in [5.74, 6) is -1.03. The van der Waals surface area contributed by atoms with Gasteiger partial charge in [-0.1, -0.05) is 12.7 Å². The molecule has 0 aromatic carbocycles. The van der Waals surface area contributed by atoms with Crippen LogP contribution in [0.3, 0.4) is 0 Å². The van der Waals surface area contributed by atoms with Crippen LogP contribution in [-0.2, 0) is 9.74 Å². The van der Waals surface area contributed by atoms with Crippen molar-refractivity contribution in [3.05, 3.63) is 24.8 Å². The van der Waals surface area contributed by atoms with E-state index in [0.717, 1.165) is 0 Å². The predicted octanol–water partition coefficient (Wildman–Crippen LogP) is 1.55. The summed E-state index contributed by atoms with van der Waals surface area (Å²) in [4.78, 5) is 13.0. The van der Waals surface area contributed by atoms with Crippen LogP contribution in [0.2, 0.25) is 0 Å². The maximum Gasteiger partial charge on any atom is 0.375 e. The highest BCUT2D eigenvalue weighted by Crippen LogP contribution is 2.00. The summed E-state index contributed by atoms with van der Waals surface area (Å²) in [6.45, 7) is 6.56. The monoisotopic (exact) mass is 130 g/mol. The van der Waals surface area contributed by atoms with Crippen molar-refractivity contribution in [3.8, 4) is 0 Å². The molecule has 0 fully saturated rings. The molecule has 0 saturated carbocycles. The number of halogens is 1. The third-order valence-electron chi connectivity index (χ3n) is 0.749. The van der Waals surface area contributed by atoms with Gasteiger partial charge < -0.3 is 0 Å². The Labute approximate surface area is 52.5 Å². The zero-order chi connectivity index (χ0) is 7.28. The summed E-state index contributed by atoms with van der Waals surface area (Å²) in [5, 5.41) is 0. The van der Waals surface area contributed by atoms with Crippen molar-refractivity contribution in [3.63, 3.8) is 0 Å². The molecule has 0 aliphatic carbocycles. The van der Waals surface area contributed by atoms with Gasteiger partial charge in [-0.2, -0.15) is 0 Å². The second kappa shape index (κ2) is 3.83. The van der Waals surface area contributed by atoms with Crippen LogP contribution in [0.25, 0.3) is 0 Å². The molecule has 0 atom stereocenters. The minimum absolute atomic E-state index is 0.0625. The Morgan fingerprint density at radius 3 is 2.67 bits per heavy atom. The molecule has 50 valence electrons. The van der Waals surface area contributed by atoms with Crippen LogP contribution in [0.15, 0.2) is 24.8 Å². The third-order valence-corrected chi connectivity index (χ3v) is 0.749. The molecule has 0 saturated heterocycles. The van der Waals surface area contributed by atoms with Crippen molar-refractivity contribution in [1.82, 2.24) is 0 Å². The highest BCUT2D eigenvalue weighted by molar-refractivity contribution is 5.87. The van der Waals surface area contributed by atoms with Gasteiger partial charge >= 0.3 is 5.97 Å². The lowest BCUT2D eigenvalue weighted by Crippen LogP contribution is -1.99. The van der Waals surface area contributed by atoms with Crippen LogP contribution in [0.1, 0.15) is 6.42 Å². The first-order chi connectivity index (χ1) is 4.22. The maximum atomic E-state index is 11.0. The fraction of sp³-hybridized carbons (Fsp3) is 0.167. The van der Waals surface area contributed by atoms with Crippen LogP contribution in [0.5, 0.6) is 0 Å². The second-order valence-corrected chi connectivity index (χ2v) is 1.46. The fourth-order valence-electron chi connectivity index (χ4n) is 0.312. The van der Waals surface area contributed by atoms with Gasteiger partial charge in [0.25, 0.3) is 0 Å². The Kier molecular flexibility index (Phi) is 3.35. The fourth-order valence-corrected chi connectivity index (χ4v) is 0.312. The molecule has 0 unspecified atom stereocenters. The maximum absolute atomic E-state index is 11.0. The quantitative estimate of drug-likeness (QED) is 0.428. The van der Waals surface area contributed by atoms with Gasteiger partial charge in [0.1, 0.15) is 0 Å². The number of carbonyl (C=O) groups excluding carboxylic acids is 1. The first-order valence-corrected chi connectivity index (χ1v) is 2.34. The zero-order valence-corrected chi connectivity index (χ0v) is 4.89. The number of carbonyl (C=O) groups is 1. The van der Waals surface area contributed by atoms with Crippen LogP contribution in [-0.4, -0.2) is 5.97 Å². The van der Waals surface area contributed by atoms with Gasteiger partial charge in [-0.25, -0.2) is 9.74 Å². The van der Waals surface area contributed by atoms with E-state index in [2.05, 4.69) is 18.1 Å². The molecular weight excluding hydrogens is 123 g/mol. The summed E-state index contributed by atoms with van der Waals surface area (Å²) < 4.78 is 11.0. The number of allylic oxidation sites excluding steroid dienone is 1. The van der Waals surface area contributed by atoms with Crippen molar-refractivity contribution < 1.29 is 14.3 Å². The van der Waals surface area contributed by atoms with Gasteiger partial charge in [-0.05, 0) is 6.42 Å². The molecule has 0 heterocycles.